The maximum Gasteiger partial charge on any atom is 0.335 e. The summed E-state index contributed by atoms with van der Waals surface area (Å²) >= 11 is 0. The standard InChI is InChI=1S/C23H18N2O3.C18H17N3O2.C17H13N3O3.3C17H14N2O2/c26-23(27)19-9-4-8-18(14-19)22-12-13-25(24-22)20-10-5-11-21(15-20)28-16-17-6-2-1-3-7-17;1-20(2)15-7-4-8-16(12-15)21-10-9-17(19-21)13-5-3-6-14(11-13)18(22)23;1-19(23)14-5-7-15(8-6-14)20-10-9-16(18-20)12-3-2-4-13(11-12)17(21)22;2*1-12-4-2-7-15(10-12)19-9-8-16(18-19)13-5-3-6-14(11-13)17(20)21;1-12-5-7-15(8-6-12)19-10-9-16(18-19)13-3-2-4-14(11-13)17(20)21/h1-15H,16H2,(H,26,27);3-12H,1-2H3,(H,22,23);2-11H,1H3;3*2-11H,1H3,(H,20,21)/p+1. The lowest BCUT2D eigenvalue weighted by atomic mass is 10.1. The summed E-state index contributed by atoms with van der Waals surface area (Å²) in [6.45, 7) is 6.60. The molecule has 28 nitrogen and oxygen atoms in total. The molecule has 0 radical (unpaired) electrons. The molecule has 0 atom stereocenters. The number of carbonyl (C=O) groups is 6. The SMILES string of the molecule is CN(C)c1cccc(-n2ccc(-c3cccc(C(=O)O)c3)n2)c1.C[N+](=O)c1ccc(-n2ccc(-c3cccc(C(=O)O)c3)n2)cc1.Cc1ccc(-n2ccc(-c3cccc(C(=O)O)c3)n2)cc1.Cc1cccc(-n2ccc(-c3cccc(C(=O)O)c3)n2)c1.Cc1cccc(-n2ccc(-c3cccc(C(=O)O)c3)n2)c1.O=C(O)c1cccc(-c2ccn(-c3cccc(OCc4ccccc4)c3)n2)c1. The molecule has 19 aromatic rings. The number of nitroso groups, excluding NO2 is 1. The predicted molar refractivity (Wildman–Crippen MR) is 524 cm³/mol. The van der Waals surface area contributed by atoms with Crippen LogP contribution < -0.4 is 9.64 Å². The fourth-order valence-corrected chi connectivity index (χ4v) is 14.0. The molecule has 0 amide bonds. The molecule has 137 heavy (non-hydrogen) atoms. The molecule has 0 aliphatic heterocycles. The first-order chi connectivity index (χ1) is 66.2. The molecule has 0 saturated heterocycles. The Bertz CT molecular complexity index is 7380. The molecule has 6 N–H and O–H groups in total. The van der Waals surface area contributed by atoms with Crippen LogP contribution in [0.25, 0.3) is 102 Å². The van der Waals surface area contributed by atoms with Gasteiger partial charge in [0.2, 0.25) is 0 Å². The van der Waals surface area contributed by atoms with Gasteiger partial charge in [-0.25, -0.2) is 56.9 Å². The third-order valence-corrected chi connectivity index (χ3v) is 21.2. The summed E-state index contributed by atoms with van der Waals surface area (Å²) < 4.78 is 17.2. The van der Waals surface area contributed by atoms with Gasteiger partial charge in [-0.2, -0.15) is 30.6 Å². The highest BCUT2D eigenvalue weighted by atomic mass is 16.5. The average molecular weight is 1820 g/mol. The van der Waals surface area contributed by atoms with E-state index in [2.05, 4.69) is 30.6 Å². The number of rotatable bonds is 23. The molecule has 0 aliphatic rings. The first-order valence-corrected chi connectivity index (χ1v) is 42.8. The highest BCUT2D eigenvalue weighted by Crippen LogP contribution is 2.30. The maximum atomic E-state index is 11.2. The fourth-order valence-electron chi connectivity index (χ4n) is 14.0. The Morgan fingerprint density at radius 1 is 0.277 bits per heavy atom. The van der Waals surface area contributed by atoms with Crippen molar-refractivity contribution >= 4 is 47.2 Å². The minimum Gasteiger partial charge on any atom is -0.489 e. The number of ether oxygens (including phenoxy) is 1. The molecule has 6 aromatic heterocycles. The molecule has 0 unspecified atom stereocenters. The van der Waals surface area contributed by atoms with Crippen LogP contribution in [0, 0.1) is 25.7 Å². The molecule has 0 saturated carbocycles. The Hall–Kier alpha value is -18.9. The molecule has 13 aromatic carbocycles. The van der Waals surface area contributed by atoms with Crippen LogP contribution in [-0.4, -0.2) is 151 Å². The molecular formula is C109H91N14O14+. The van der Waals surface area contributed by atoms with Crippen molar-refractivity contribution < 1.29 is 68.9 Å². The van der Waals surface area contributed by atoms with E-state index < -0.39 is 35.8 Å². The Kier molecular flexibility index (Phi) is 30.4. The van der Waals surface area contributed by atoms with Crippen LogP contribution in [0.5, 0.6) is 5.75 Å². The highest BCUT2D eigenvalue weighted by Gasteiger charge is 2.18. The lowest BCUT2D eigenvalue weighted by molar-refractivity contribution is -0.428. The molecule has 0 aliphatic carbocycles. The van der Waals surface area contributed by atoms with E-state index in [9.17, 15) is 33.7 Å². The van der Waals surface area contributed by atoms with Crippen molar-refractivity contribution in [3.8, 4) is 107 Å². The summed E-state index contributed by atoms with van der Waals surface area (Å²) in [4.78, 5) is 79.6. The van der Waals surface area contributed by atoms with Crippen molar-refractivity contribution in [1.82, 2.24) is 58.7 Å². The summed E-state index contributed by atoms with van der Waals surface area (Å²) in [5.41, 5.74) is 22.4. The van der Waals surface area contributed by atoms with Crippen molar-refractivity contribution in [2.75, 3.05) is 26.0 Å². The smallest absolute Gasteiger partial charge is 0.335 e. The molecular weight excluding hydrogens is 1730 g/mol. The van der Waals surface area contributed by atoms with Crippen LogP contribution in [-0.2, 0) is 6.61 Å². The summed E-state index contributed by atoms with van der Waals surface area (Å²) in [6, 6.07) is 109. The van der Waals surface area contributed by atoms with Crippen LogP contribution in [0.1, 0.15) is 84.4 Å². The van der Waals surface area contributed by atoms with Crippen LogP contribution in [0.4, 0.5) is 11.4 Å². The number of hydrogen-bond acceptors (Lipinski definition) is 15. The summed E-state index contributed by atoms with van der Waals surface area (Å²) in [6.07, 6.45) is 11.1. The van der Waals surface area contributed by atoms with Crippen molar-refractivity contribution in [2.45, 2.75) is 27.4 Å². The number of carboxylic acid groups (broad SMARTS) is 6. The van der Waals surface area contributed by atoms with E-state index in [1.807, 2.05) is 295 Å². The predicted octanol–water partition coefficient (Wildman–Crippen LogP) is 22.0. The largest absolute Gasteiger partial charge is 0.489 e. The number of aromatic nitrogens is 12. The van der Waals surface area contributed by atoms with Gasteiger partial charge in [0.05, 0.1) is 102 Å². The second kappa shape index (κ2) is 44.2. The first kappa shape index (κ1) is 94.3. The van der Waals surface area contributed by atoms with Gasteiger partial charge in [0.25, 0.3) is 5.69 Å². The van der Waals surface area contributed by atoms with Gasteiger partial charge in [0, 0.05) is 118 Å². The summed E-state index contributed by atoms with van der Waals surface area (Å²) in [5, 5.41) is 81.6. The van der Waals surface area contributed by atoms with Gasteiger partial charge in [-0.1, -0.05) is 157 Å². The van der Waals surface area contributed by atoms with E-state index in [1.165, 1.54) is 12.6 Å². The van der Waals surface area contributed by atoms with Crippen LogP contribution in [0.3, 0.4) is 0 Å². The number of carboxylic acids is 6. The van der Waals surface area contributed by atoms with E-state index in [1.54, 1.807) is 168 Å². The maximum absolute atomic E-state index is 11.2. The van der Waals surface area contributed by atoms with E-state index in [4.69, 9.17) is 35.4 Å². The van der Waals surface area contributed by atoms with Crippen LogP contribution in [0.2, 0.25) is 0 Å². The zero-order valence-electron chi connectivity index (χ0n) is 74.9. The van der Waals surface area contributed by atoms with E-state index in [0.717, 1.165) is 123 Å². The minimum atomic E-state index is -0.969. The molecule has 0 fully saturated rings. The van der Waals surface area contributed by atoms with Gasteiger partial charge < -0.3 is 40.3 Å². The minimum absolute atomic E-state index is 0.222. The second-order valence-corrected chi connectivity index (χ2v) is 31.4. The Morgan fingerprint density at radius 2 is 0.547 bits per heavy atom. The monoisotopic (exact) mass is 1820 g/mol. The number of hydrogen-bond donors (Lipinski definition) is 6. The molecule has 0 spiro atoms. The van der Waals surface area contributed by atoms with Gasteiger partial charge in [-0.3, -0.25) is 0 Å². The molecule has 19 rings (SSSR count). The highest BCUT2D eigenvalue weighted by molar-refractivity contribution is 5.93. The second-order valence-electron chi connectivity index (χ2n) is 31.4. The van der Waals surface area contributed by atoms with Crippen molar-refractivity contribution in [1.29, 1.82) is 0 Å². The third-order valence-electron chi connectivity index (χ3n) is 21.2. The zero-order chi connectivity index (χ0) is 96.6. The third kappa shape index (κ3) is 25.2. The van der Waals surface area contributed by atoms with Crippen LogP contribution >= 0.6 is 0 Å². The zero-order valence-corrected chi connectivity index (χ0v) is 74.9. The molecule has 28 heteroatoms. The van der Waals surface area contributed by atoms with E-state index >= 15 is 0 Å². The van der Waals surface area contributed by atoms with Gasteiger partial charge in [0.1, 0.15) is 12.4 Å². The molecule has 6 heterocycles. The average Bonchev–Trinajstić information content (AvgIpc) is 1.73. The number of benzene rings is 13. The van der Waals surface area contributed by atoms with Gasteiger partial charge in [-0.15, -0.1) is 0 Å². The Balaban J connectivity index is 0.000000132. The van der Waals surface area contributed by atoms with Gasteiger partial charge in [-0.05, 0) is 226 Å². The van der Waals surface area contributed by atoms with E-state index in [0.29, 0.717) is 23.7 Å². The van der Waals surface area contributed by atoms with Gasteiger partial charge >= 0.3 is 35.8 Å². The van der Waals surface area contributed by atoms with Crippen molar-refractivity contribution in [3.05, 3.63) is 456 Å². The Morgan fingerprint density at radius 3 is 0.839 bits per heavy atom. The molecule has 680 valence electrons. The van der Waals surface area contributed by atoms with Crippen molar-refractivity contribution in [3.63, 3.8) is 0 Å². The normalized spacial score (nSPS) is 10.5. The van der Waals surface area contributed by atoms with E-state index in [-0.39, 0.29) is 33.4 Å². The van der Waals surface area contributed by atoms with Crippen molar-refractivity contribution in [2.24, 2.45) is 0 Å². The van der Waals surface area contributed by atoms with Gasteiger partial charge in [0.15, 0.2) is 7.05 Å². The number of aryl methyl sites for hydroxylation is 3. The first-order valence-electron chi connectivity index (χ1n) is 42.8. The molecule has 0 bridgehead atoms. The summed E-state index contributed by atoms with van der Waals surface area (Å²) in [5.74, 6) is -4.91. The lowest BCUT2D eigenvalue weighted by Gasteiger charge is -2.13. The topological polar surface area (TPSA) is 363 Å². The number of aromatic carboxylic acids is 6. The quantitative estimate of drug-likeness (QED) is 0.0324. The fraction of sp³-hybridized carbons (Fsp3) is 0.0642. The number of nitrogens with zero attached hydrogens (tertiary/aromatic N) is 14. The lowest BCUT2D eigenvalue weighted by Crippen LogP contribution is -2.09. The number of anilines is 1. The van der Waals surface area contributed by atoms with Crippen LogP contribution in [0.15, 0.2) is 395 Å². The summed E-state index contributed by atoms with van der Waals surface area (Å²) in [7, 11) is 5.42. The Labute approximate surface area is 786 Å².